The van der Waals surface area contributed by atoms with Crippen LogP contribution in [0.5, 0.6) is 0 Å². The van der Waals surface area contributed by atoms with Crippen LogP contribution in [0.1, 0.15) is 23.5 Å². The fourth-order valence-corrected chi connectivity index (χ4v) is 1.97. The molecule has 1 unspecified atom stereocenters. The first-order valence-corrected chi connectivity index (χ1v) is 5.78. The number of rotatable bonds is 3. The van der Waals surface area contributed by atoms with Crippen molar-refractivity contribution in [1.82, 2.24) is 4.57 Å². The van der Waals surface area contributed by atoms with Gasteiger partial charge in [0.2, 0.25) is 5.43 Å². The Hall–Kier alpha value is -2.35. The average Bonchev–Trinajstić information content (AvgIpc) is 2.44. The van der Waals surface area contributed by atoms with Crippen molar-refractivity contribution in [2.75, 3.05) is 7.11 Å². The molecular formula is C13H10F3NO4. The van der Waals surface area contributed by atoms with Crippen molar-refractivity contribution < 1.29 is 27.8 Å². The molecule has 0 fully saturated rings. The highest BCUT2D eigenvalue weighted by atomic mass is 19.2. The lowest BCUT2D eigenvalue weighted by molar-refractivity contribution is 0.0615. The van der Waals surface area contributed by atoms with Crippen LogP contribution in [-0.2, 0) is 4.74 Å². The Bertz CT molecular complexity index is 800. The molecule has 2 aromatic rings. The predicted octanol–water partition coefficient (Wildman–Crippen LogP) is 2.28. The third-order valence-corrected chi connectivity index (χ3v) is 3.12. The molecule has 0 bridgehead atoms. The number of carboxylic acids is 1. The van der Waals surface area contributed by atoms with Crippen LogP contribution in [0.15, 0.2) is 17.1 Å². The largest absolute Gasteiger partial charge is 0.477 e. The van der Waals surface area contributed by atoms with Gasteiger partial charge >= 0.3 is 5.97 Å². The minimum Gasteiger partial charge on any atom is -0.477 e. The van der Waals surface area contributed by atoms with Crippen molar-refractivity contribution in [3.05, 3.63) is 45.5 Å². The first kappa shape index (κ1) is 15.0. The monoisotopic (exact) mass is 301 g/mol. The Labute approximate surface area is 116 Å². The van der Waals surface area contributed by atoms with Gasteiger partial charge in [-0.3, -0.25) is 4.79 Å². The maximum atomic E-state index is 14.0. The van der Waals surface area contributed by atoms with Crippen molar-refractivity contribution in [1.29, 1.82) is 0 Å². The molecular weight excluding hydrogens is 291 g/mol. The van der Waals surface area contributed by atoms with Crippen LogP contribution in [0.4, 0.5) is 13.2 Å². The zero-order valence-corrected chi connectivity index (χ0v) is 11.0. The molecule has 21 heavy (non-hydrogen) atoms. The Morgan fingerprint density at radius 1 is 1.33 bits per heavy atom. The van der Waals surface area contributed by atoms with Crippen molar-refractivity contribution in [3.8, 4) is 0 Å². The van der Waals surface area contributed by atoms with E-state index < -0.39 is 51.5 Å². The molecule has 0 aliphatic carbocycles. The maximum Gasteiger partial charge on any atom is 0.341 e. The Kier molecular flexibility index (Phi) is 3.73. The number of aromatic nitrogens is 1. The number of fused-ring (bicyclic) bond motifs is 1. The van der Waals surface area contributed by atoms with Crippen LogP contribution in [-0.4, -0.2) is 22.8 Å². The zero-order chi connectivity index (χ0) is 15.9. The summed E-state index contributed by atoms with van der Waals surface area (Å²) >= 11 is 0. The molecule has 0 radical (unpaired) electrons. The first-order valence-electron chi connectivity index (χ1n) is 5.78. The van der Waals surface area contributed by atoms with Crippen LogP contribution in [0, 0.1) is 17.5 Å². The van der Waals surface area contributed by atoms with Crippen molar-refractivity contribution in [3.63, 3.8) is 0 Å². The normalized spacial score (nSPS) is 12.6. The van der Waals surface area contributed by atoms with E-state index in [2.05, 4.69) is 0 Å². The van der Waals surface area contributed by atoms with Gasteiger partial charge in [-0.2, -0.15) is 0 Å². The van der Waals surface area contributed by atoms with Crippen LogP contribution >= 0.6 is 0 Å². The van der Waals surface area contributed by atoms with Crippen LogP contribution in [0.2, 0.25) is 0 Å². The van der Waals surface area contributed by atoms with E-state index in [9.17, 15) is 22.8 Å². The molecule has 1 atom stereocenters. The molecule has 0 amide bonds. The molecule has 0 aliphatic rings. The van der Waals surface area contributed by atoms with E-state index in [1.807, 2.05) is 0 Å². The summed E-state index contributed by atoms with van der Waals surface area (Å²) in [7, 11) is 1.26. The molecule has 1 aromatic carbocycles. The molecule has 112 valence electrons. The summed E-state index contributed by atoms with van der Waals surface area (Å²) in [6.45, 7) is 1.43. The van der Waals surface area contributed by atoms with E-state index in [4.69, 9.17) is 9.84 Å². The minimum absolute atomic E-state index is 0.474. The molecule has 5 nitrogen and oxygen atoms in total. The summed E-state index contributed by atoms with van der Waals surface area (Å²) in [5.74, 6) is -6.47. The smallest absolute Gasteiger partial charge is 0.341 e. The topological polar surface area (TPSA) is 68.5 Å². The number of aromatic carboxylic acids is 1. The highest BCUT2D eigenvalue weighted by Crippen LogP contribution is 2.24. The molecule has 0 aliphatic heterocycles. The molecule has 1 aromatic heterocycles. The van der Waals surface area contributed by atoms with Gasteiger partial charge in [-0.25, -0.2) is 18.0 Å². The number of nitrogens with zero attached hydrogens (tertiary/aromatic N) is 1. The fourth-order valence-electron chi connectivity index (χ4n) is 1.97. The lowest BCUT2D eigenvalue weighted by Crippen LogP contribution is -2.22. The maximum absolute atomic E-state index is 14.0. The molecule has 2 rings (SSSR count). The quantitative estimate of drug-likeness (QED) is 0.883. The van der Waals surface area contributed by atoms with E-state index in [0.29, 0.717) is 6.07 Å². The Morgan fingerprint density at radius 2 is 1.95 bits per heavy atom. The third kappa shape index (κ3) is 2.27. The number of pyridine rings is 1. The highest BCUT2D eigenvalue weighted by molar-refractivity contribution is 5.92. The molecule has 1 N–H and O–H groups in total. The number of ether oxygens (including phenoxy) is 1. The van der Waals surface area contributed by atoms with Gasteiger partial charge in [-0.1, -0.05) is 0 Å². The summed E-state index contributed by atoms with van der Waals surface area (Å²) in [4.78, 5) is 23.0. The standard InChI is InChI=1S/C13H10F3NO4/c1-5(21-2)17-4-7(13(19)20)12(18)6-3-8(14)9(15)10(16)11(6)17/h3-5H,1-2H3,(H,19,20). The van der Waals surface area contributed by atoms with E-state index in [0.717, 1.165) is 10.8 Å². The molecule has 1 heterocycles. The second kappa shape index (κ2) is 5.21. The Balaban J connectivity index is 3.07. The van der Waals surface area contributed by atoms with E-state index in [1.54, 1.807) is 0 Å². The number of carboxylic acid groups (broad SMARTS) is 1. The molecule has 0 saturated heterocycles. The number of methoxy groups -OCH3 is 1. The van der Waals surface area contributed by atoms with Gasteiger partial charge in [0.1, 0.15) is 11.8 Å². The van der Waals surface area contributed by atoms with Crippen LogP contribution < -0.4 is 5.43 Å². The van der Waals surface area contributed by atoms with Crippen LogP contribution in [0.25, 0.3) is 10.9 Å². The number of carbonyl (C=O) groups is 1. The molecule has 8 heteroatoms. The van der Waals surface area contributed by atoms with E-state index in [1.165, 1.54) is 14.0 Å². The van der Waals surface area contributed by atoms with Crippen molar-refractivity contribution in [2.24, 2.45) is 0 Å². The SMILES string of the molecule is COC(C)n1cc(C(=O)O)c(=O)c2cc(F)c(F)c(F)c21. The zero-order valence-electron chi connectivity index (χ0n) is 11.0. The van der Waals surface area contributed by atoms with Gasteiger partial charge in [0.15, 0.2) is 17.5 Å². The predicted molar refractivity (Wildman–Crippen MR) is 66.8 cm³/mol. The lowest BCUT2D eigenvalue weighted by Gasteiger charge is -2.18. The van der Waals surface area contributed by atoms with Crippen molar-refractivity contribution >= 4 is 16.9 Å². The highest BCUT2D eigenvalue weighted by Gasteiger charge is 2.23. The second-order valence-electron chi connectivity index (χ2n) is 4.30. The van der Waals surface area contributed by atoms with Gasteiger partial charge in [0.05, 0.1) is 10.9 Å². The van der Waals surface area contributed by atoms with Crippen molar-refractivity contribution in [2.45, 2.75) is 13.2 Å². The fraction of sp³-hybridized carbons (Fsp3) is 0.231. The second-order valence-corrected chi connectivity index (χ2v) is 4.30. The summed E-state index contributed by atoms with van der Waals surface area (Å²) < 4.78 is 46.5. The summed E-state index contributed by atoms with van der Waals surface area (Å²) in [5, 5.41) is 8.41. The van der Waals surface area contributed by atoms with Gasteiger partial charge in [0.25, 0.3) is 0 Å². The number of hydrogen-bond donors (Lipinski definition) is 1. The third-order valence-electron chi connectivity index (χ3n) is 3.12. The van der Waals surface area contributed by atoms with Gasteiger partial charge in [-0.05, 0) is 13.0 Å². The first-order chi connectivity index (χ1) is 9.79. The van der Waals surface area contributed by atoms with Gasteiger partial charge in [-0.15, -0.1) is 0 Å². The summed E-state index contributed by atoms with van der Waals surface area (Å²) in [6.07, 6.45) is -0.0627. The van der Waals surface area contributed by atoms with Gasteiger partial charge < -0.3 is 14.4 Å². The van der Waals surface area contributed by atoms with Crippen LogP contribution in [0.3, 0.4) is 0 Å². The van der Waals surface area contributed by atoms with E-state index in [-0.39, 0.29) is 0 Å². The lowest BCUT2D eigenvalue weighted by atomic mass is 10.1. The minimum atomic E-state index is -1.75. The number of benzene rings is 1. The average molecular weight is 301 g/mol. The molecule has 0 saturated carbocycles. The van der Waals surface area contributed by atoms with Gasteiger partial charge in [0, 0.05) is 13.3 Å². The molecule has 0 spiro atoms. The summed E-state index contributed by atoms with van der Waals surface area (Å²) in [5.41, 5.74) is -2.36. The van der Waals surface area contributed by atoms with E-state index >= 15 is 0 Å². The Morgan fingerprint density at radius 3 is 2.48 bits per heavy atom. The number of halogens is 3. The summed E-state index contributed by atoms with van der Waals surface area (Å²) in [6, 6.07) is 0.474. The number of hydrogen-bond acceptors (Lipinski definition) is 3.